The maximum atomic E-state index is 11.9. The topological polar surface area (TPSA) is 127 Å². The molecule has 0 aliphatic rings. The molecule has 0 saturated carbocycles. The first-order valence-electron chi connectivity index (χ1n) is 5.51. The summed E-state index contributed by atoms with van der Waals surface area (Å²) >= 11 is 0. The van der Waals surface area contributed by atoms with E-state index in [2.05, 4.69) is 4.72 Å². The molecule has 4 N–H and O–H groups in total. The first-order chi connectivity index (χ1) is 8.77. The second-order valence-corrected chi connectivity index (χ2v) is 7.18. The summed E-state index contributed by atoms with van der Waals surface area (Å²) in [5, 5.41) is 13.5. The third-order valence-corrected chi connectivity index (χ3v) is 4.69. The van der Waals surface area contributed by atoms with E-state index in [0.29, 0.717) is 12.8 Å². The smallest absolute Gasteiger partial charge is 0.240 e. The van der Waals surface area contributed by atoms with Crippen molar-refractivity contribution in [2.24, 2.45) is 5.14 Å². The highest BCUT2D eigenvalue weighted by molar-refractivity contribution is 7.90. The molecule has 0 radical (unpaired) electrons. The van der Waals surface area contributed by atoms with Crippen molar-refractivity contribution in [3.05, 3.63) is 24.3 Å². The van der Waals surface area contributed by atoms with Gasteiger partial charge in [0.25, 0.3) is 0 Å². The van der Waals surface area contributed by atoms with Crippen molar-refractivity contribution >= 4 is 20.0 Å². The Bertz CT molecular complexity index is 625. The van der Waals surface area contributed by atoms with Gasteiger partial charge in [0.2, 0.25) is 20.0 Å². The number of aliphatic hydroxyl groups excluding tert-OH is 1. The lowest BCUT2D eigenvalue weighted by atomic mass is 10.3. The molecule has 108 valence electrons. The summed E-state index contributed by atoms with van der Waals surface area (Å²) in [6.07, 6.45) is 0.977. The van der Waals surface area contributed by atoms with Crippen LogP contribution in [0.5, 0.6) is 0 Å². The highest BCUT2D eigenvalue weighted by Crippen LogP contribution is 2.14. The van der Waals surface area contributed by atoms with Gasteiger partial charge in [0.1, 0.15) is 0 Å². The third kappa shape index (κ3) is 4.88. The van der Waals surface area contributed by atoms with Crippen LogP contribution < -0.4 is 9.86 Å². The minimum Gasteiger partial charge on any atom is -0.396 e. The summed E-state index contributed by atoms with van der Waals surface area (Å²) in [5.41, 5.74) is 0. The summed E-state index contributed by atoms with van der Waals surface area (Å²) in [4.78, 5) is -0.422. The fourth-order valence-corrected chi connectivity index (χ4v) is 3.10. The summed E-state index contributed by atoms with van der Waals surface area (Å²) in [7, 11) is -7.72. The molecule has 0 spiro atoms. The number of nitrogens with one attached hydrogen (secondary N) is 1. The maximum Gasteiger partial charge on any atom is 0.240 e. The van der Waals surface area contributed by atoms with Crippen LogP contribution in [0.25, 0.3) is 0 Å². The average molecular weight is 308 g/mol. The zero-order chi connectivity index (χ0) is 14.5. The Labute approximate surface area is 112 Å². The van der Waals surface area contributed by atoms with Gasteiger partial charge in [0, 0.05) is 13.2 Å². The normalized spacial score (nSPS) is 12.5. The number of benzene rings is 1. The van der Waals surface area contributed by atoms with Crippen LogP contribution in [0.4, 0.5) is 0 Å². The molecule has 0 bridgehead atoms. The minimum absolute atomic E-state index is 0.0113. The van der Waals surface area contributed by atoms with Crippen LogP contribution in [0.15, 0.2) is 34.1 Å². The molecule has 1 aromatic carbocycles. The predicted octanol–water partition coefficient (Wildman–Crippen LogP) is -0.615. The van der Waals surface area contributed by atoms with Crippen molar-refractivity contribution < 1.29 is 21.9 Å². The molecule has 0 atom stereocenters. The van der Waals surface area contributed by atoms with Gasteiger partial charge >= 0.3 is 0 Å². The van der Waals surface area contributed by atoms with E-state index in [0.717, 1.165) is 6.07 Å². The highest BCUT2D eigenvalue weighted by Gasteiger charge is 2.16. The van der Waals surface area contributed by atoms with E-state index in [-0.39, 0.29) is 22.9 Å². The van der Waals surface area contributed by atoms with Crippen LogP contribution in [0.2, 0.25) is 0 Å². The number of hydrogen-bond donors (Lipinski definition) is 3. The summed E-state index contributed by atoms with van der Waals surface area (Å²) in [6, 6.07) is 4.81. The second kappa shape index (κ2) is 6.44. The molecular weight excluding hydrogens is 292 g/mol. The number of aliphatic hydroxyl groups is 1. The van der Waals surface area contributed by atoms with E-state index in [1.54, 1.807) is 0 Å². The molecule has 7 nitrogen and oxygen atoms in total. The molecule has 1 aromatic rings. The number of hydrogen-bond acceptors (Lipinski definition) is 5. The van der Waals surface area contributed by atoms with Crippen molar-refractivity contribution in [3.63, 3.8) is 0 Å². The lowest BCUT2D eigenvalue weighted by Crippen LogP contribution is -2.25. The van der Waals surface area contributed by atoms with Crippen molar-refractivity contribution in [1.82, 2.24) is 4.72 Å². The van der Waals surface area contributed by atoms with Crippen molar-refractivity contribution in [2.75, 3.05) is 13.2 Å². The molecule has 0 unspecified atom stereocenters. The van der Waals surface area contributed by atoms with E-state index in [4.69, 9.17) is 10.2 Å². The molecular formula is C10H16N2O5S2. The first-order valence-corrected chi connectivity index (χ1v) is 8.54. The van der Waals surface area contributed by atoms with Gasteiger partial charge in [-0.3, -0.25) is 0 Å². The summed E-state index contributed by atoms with van der Waals surface area (Å²) < 4.78 is 48.3. The lowest BCUT2D eigenvalue weighted by molar-refractivity contribution is 0.285. The largest absolute Gasteiger partial charge is 0.396 e. The van der Waals surface area contributed by atoms with Crippen LogP contribution >= 0.6 is 0 Å². The zero-order valence-corrected chi connectivity index (χ0v) is 11.7. The van der Waals surface area contributed by atoms with Crippen LogP contribution in [0, 0.1) is 0 Å². The highest BCUT2D eigenvalue weighted by atomic mass is 32.2. The summed E-state index contributed by atoms with van der Waals surface area (Å²) in [6.45, 7) is 0.158. The van der Waals surface area contributed by atoms with E-state index >= 15 is 0 Å². The number of unbranched alkanes of at least 4 members (excludes halogenated alkanes) is 1. The number of sulfonamides is 2. The maximum absolute atomic E-state index is 11.9. The van der Waals surface area contributed by atoms with Crippen molar-refractivity contribution in [1.29, 1.82) is 0 Å². The van der Waals surface area contributed by atoms with Gasteiger partial charge in [-0.2, -0.15) is 0 Å². The molecule has 19 heavy (non-hydrogen) atoms. The molecule has 0 amide bonds. The van der Waals surface area contributed by atoms with Crippen LogP contribution in [0.3, 0.4) is 0 Å². The molecule has 0 aliphatic heterocycles. The standard InChI is InChI=1S/C10H16N2O5S2/c11-18(14,15)9-4-3-5-10(8-9)19(16,17)12-6-1-2-7-13/h3-5,8,12-13H,1-2,6-7H2,(H2,11,14,15). The Morgan fingerprint density at radius 3 is 2.32 bits per heavy atom. The Morgan fingerprint density at radius 1 is 1.11 bits per heavy atom. The Balaban J connectivity index is 2.90. The van der Waals surface area contributed by atoms with Gasteiger partial charge in [0.05, 0.1) is 9.79 Å². The van der Waals surface area contributed by atoms with Gasteiger partial charge in [0.15, 0.2) is 0 Å². The Morgan fingerprint density at radius 2 is 1.74 bits per heavy atom. The van der Waals surface area contributed by atoms with Gasteiger partial charge in [-0.1, -0.05) is 6.07 Å². The molecule has 1 rings (SSSR count). The molecule has 9 heteroatoms. The zero-order valence-electron chi connectivity index (χ0n) is 10.1. The number of primary sulfonamides is 1. The fourth-order valence-electron chi connectivity index (χ4n) is 1.35. The van der Waals surface area contributed by atoms with E-state index in [9.17, 15) is 16.8 Å². The molecule has 0 heterocycles. The lowest BCUT2D eigenvalue weighted by Gasteiger charge is -2.07. The van der Waals surface area contributed by atoms with Crippen LogP contribution in [-0.2, 0) is 20.0 Å². The Kier molecular flexibility index (Phi) is 5.44. The third-order valence-electron chi connectivity index (χ3n) is 2.32. The number of nitrogens with two attached hydrogens (primary N) is 1. The monoisotopic (exact) mass is 308 g/mol. The second-order valence-electron chi connectivity index (χ2n) is 3.85. The van der Waals surface area contributed by atoms with Gasteiger partial charge in [-0.25, -0.2) is 26.7 Å². The van der Waals surface area contributed by atoms with Crippen LogP contribution in [-0.4, -0.2) is 35.1 Å². The van der Waals surface area contributed by atoms with Gasteiger partial charge in [-0.15, -0.1) is 0 Å². The quantitative estimate of drug-likeness (QED) is 0.579. The van der Waals surface area contributed by atoms with Crippen molar-refractivity contribution in [3.8, 4) is 0 Å². The molecule has 0 fully saturated rings. The molecule has 0 saturated heterocycles. The van der Waals surface area contributed by atoms with Gasteiger partial charge < -0.3 is 5.11 Å². The fraction of sp³-hybridized carbons (Fsp3) is 0.400. The SMILES string of the molecule is NS(=O)(=O)c1cccc(S(=O)(=O)NCCCCO)c1. The number of rotatable bonds is 7. The van der Waals surface area contributed by atoms with E-state index in [1.807, 2.05) is 0 Å². The summed E-state index contributed by atoms with van der Waals surface area (Å²) in [5.74, 6) is 0. The van der Waals surface area contributed by atoms with Gasteiger partial charge in [-0.05, 0) is 31.0 Å². The average Bonchev–Trinajstić information content (AvgIpc) is 2.34. The van der Waals surface area contributed by atoms with E-state index < -0.39 is 20.0 Å². The Hall–Kier alpha value is -1.00. The first kappa shape index (κ1) is 16.1. The van der Waals surface area contributed by atoms with Crippen LogP contribution in [0.1, 0.15) is 12.8 Å². The minimum atomic E-state index is -3.94. The predicted molar refractivity (Wildman–Crippen MR) is 69.3 cm³/mol. The van der Waals surface area contributed by atoms with Crippen molar-refractivity contribution in [2.45, 2.75) is 22.6 Å². The molecule has 0 aliphatic carbocycles. The van der Waals surface area contributed by atoms with E-state index in [1.165, 1.54) is 18.2 Å². The molecule has 0 aromatic heterocycles.